The fourth-order valence-electron chi connectivity index (χ4n) is 8.55. The molecule has 0 aromatic heterocycles. The molecule has 0 unspecified atom stereocenters. The van der Waals surface area contributed by atoms with E-state index in [9.17, 15) is 24.3 Å². The lowest BCUT2D eigenvalue weighted by atomic mass is 9.45. The number of alkyl halides is 2. The normalized spacial score (nSPS) is 37.0. The van der Waals surface area contributed by atoms with Gasteiger partial charge in [0.2, 0.25) is 0 Å². The van der Waals surface area contributed by atoms with Gasteiger partial charge in [-0.25, -0.2) is 13.6 Å². The Morgan fingerprint density at radius 1 is 1.11 bits per heavy atom. The summed E-state index contributed by atoms with van der Waals surface area (Å²) >= 11 is 0. The fourth-order valence-corrected chi connectivity index (χ4v) is 8.55. The van der Waals surface area contributed by atoms with Crippen molar-refractivity contribution in [2.24, 2.45) is 34.5 Å². The molecule has 3 saturated carbocycles. The number of fused-ring (bicyclic) bond motifs is 5. The number of hydrogen-bond donors (Lipinski definition) is 3. The molecule has 44 heavy (non-hydrogen) atoms. The molecule has 4 aliphatic carbocycles. The number of unbranched alkanes of at least 4 members (excludes halogenated alkanes) is 1. The molecule has 240 valence electrons. The highest BCUT2D eigenvalue weighted by atomic mass is 19.1. The van der Waals surface area contributed by atoms with Crippen LogP contribution in [0.1, 0.15) is 76.6 Å². The van der Waals surface area contributed by atoms with Crippen LogP contribution in [0.4, 0.5) is 8.78 Å². The number of halogens is 2. The zero-order valence-electron chi connectivity index (χ0n) is 25.6. The van der Waals surface area contributed by atoms with E-state index in [-0.39, 0.29) is 66.2 Å². The Bertz CT molecular complexity index is 1370. The van der Waals surface area contributed by atoms with E-state index in [1.54, 1.807) is 19.1 Å². The van der Waals surface area contributed by atoms with Crippen LogP contribution in [0.2, 0.25) is 0 Å². The topological polar surface area (TPSA) is 138 Å². The Kier molecular flexibility index (Phi) is 9.54. The zero-order valence-corrected chi connectivity index (χ0v) is 25.6. The summed E-state index contributed by atoms with van der Waals surface area (Å²) in [7, 11) is 0. The Balaban J connectivity index is 0.000000375. The number of aromatic hydroxyl groups is 1. The average molecular weight is 617 g/mol. The largest absolute Gasteiger partial charge is 0.507 e. The van der Waals surface area contributed by atoms with Crippen LogP contribution >= 0.6 is 0 Å². The van der Waals surface area contributed by atoms with E-state index in [1.165, 1.54) is 30.4 Å². The van der Waals surface area contributed by atoms with Gasteiger partial charge in [0.05, 0.1) is 6.10 Å². The van der Waals surface area contributed by atoms with Crippen molar-refractivity contribution in [3.8, 4) is 5.75 Å². The molecule has 10 heteroatoms. The van der Waals surface area contributed by atoms with E-state index in [0.717, 1.165) is 6.42 Å². The predicted molar refractivity (Wildman–Crippen MR) is 157 cm³/mol. The average Bonchev–Trinajstić information content (AvgIpc) is 3.23. The van der Waals surface area contributed by atoms with Gasteiger partial charge in [-0.05, 0) is 79.7 Å². The number of carboxylic acid groups (broad SMARTS) is 1. The smallest absolute Gasteiger partial charge is 0.339 e. The van der Waals surface area contributed by atoms with Gasteiger partial charge in [-0.3, -0.25) is 14.4 Å². The number of aliphatic hydroxyl groups is 1. The van der Waals surface area contributed by atoms with Crippen LogP contribution in [-0.4, -0.2) is 63.4 Å². The SMILES string of the molecule is CCCCC(=O)OCC(=O)[C@H]1[C@H](C)C[C@H]2[C@@H]3C[C@H](F)C4=CC(=O)C=C[C@]4(C)[C@@]3(F)[C@@H](O)C[C@@]21C.O=C(O)c1ccccc1O. The molecule has 0 radical (unpaired) electrons. The number of carbonyl (C=O) groups excluding carboxylic acids is 3. The quantitative estimate of drug-likeness (QED) is 0.339. The lowest BCUT2D eigenvalue weighted by molar-refractivity contribution is -0.202. The maximum absolute atomic E-state index is 17.1. The molecule has 0 heterocycles. The number of aliphatic hydroxyl groups excluding tert-OH is 1. The Morgan fingerprint density at radius 2 is 1.80 bits per heavy atom. The summed E-state index contributed by atoms with van der Waals surface area (Å²) in [5.74, 6) is -4.06. The molecule has 1 aromatic carbocycles. The van der Waals surface area contributed by atoms with E-state index in [1.807, 2.05) is 20.8 Å². The van der Waals surface area contributed by atoms with E-state index in [0.29, 0.717) is 12.8 Å². The minimum atomic E-state index is -2.15. The van der Waals surface area contributed by atoms with Crippen LogP contribution in [0.15, 0.2) is 48.1 Å². The van der Waals surface area contributed by atoms with Gasteiger partial charge in [0.25, 0.3) is 0 Å². The van der Waals surface area contributed by atoms with Gasteiger partial charge >= 0.3 is 11.9 Å². The lowest BCUT2D eigenvalue weighted by Gasteiger charge is -2.62. The number of carboxylic acids is 1. The summed E-state index contributed by atoms with van der Waals surface area (Å²) in [4.78, 5) is 47.4. The van der Waals surface area contributed by atoms with Crippen LogP contribution in [0.3, 0.4) is 0 Å². The summed E-state index contributed by atoms with van der Waals surface area (Å²) in [6, 6.07) is 5.81. The first-order chi connectivity index (χ1) is 20.6. The molecule has 0 aliphatic heterocycles. The summed E-state index contributed by atoms with van der Waals surface area (Å²) in [6.07, 6.45) is 3.20. The highest BCUT2D eigenvalue weighted by Gasteiger charge is 2.73. The van der Waals surface area contributed by atoms with Crippen LogP contribution in [0.25, 0.3) is 0 Å². The number of carbonyl (C=O) groups is 4. The fraction of sp³-hybridized carbons (Fsp3) is 0.588. The van der Waals surface area contributed by atoms with Gasteiger partial charge in [-0.2, -0.15) is 0 Å². The second-order valence-corrected chi connectivity index (χ2v) is 13.2. The van der Waals surface area contributed by atoms with Gasteiger partial charge in [0.15, 0.2) is 17.2 Å². The van der Waals surface area contributed by atoms with Gasteiger partial charge in [-0.15, -0.1) is 0 Å². The number of benzene rings is 1. The molecule has 8 nitrogen and oxygen atoms in total. The standard InChI is InChI=1S/C27H36F2O5.C7H6O3/c1-5-6-7-23(33)34-14-21(31)24-15(2)10-17-18-12-20(28)19-11-16(30)8-9-26(19,4)27(18,29)22(32)13-25(17,24)3;8-6-4-2-1-3-5(6)7(9)10/h8-9,11,15,17-18,20,22,24,32H,5-7,10,12-14H2,1-4H3;1-4,8H,(H,9,10)/t15-,17+,18+,20+,22+,24-,25+,26+,27+;/m1./s1. The number of Topliss-reactive ketones (excluding diaryl/α,β-unsaturated/α-hetero) is 1. The lowest BCUT2D eigenvalue weighted by Crippen LogP contribution is -2.68. The molecular weight excluding hydrogens is 574 g/mol. The summed E-state index contributed by atoms with van der Waals surface area (Å²) in [5, 5.41) is 28.6. The summed E-state index contributed by atoms with van der Waals surface area (Å²) in [5.41, 5.74) is -4.28. The second-order valence-electron chi connectivity index (χ2n) is 13.2. The number of hydrogen-bond acceptors (Lipinski definition) is 7. The van der Waals surface area contributed by atoms with Gasteiger partial charge in [0.1, 0.15) is 24.1 Å². The van der Waals surface area contributed by atoms with Crippen molar-refractivity contribution >= 4 is 23.5 Å². The molecule has 9 atom stereocenters. The zero-order chi connectivity index (χ0) is 32.6. The molecule has 0 saturated heterocycles. The van der Waals surface area contributed by atoms with Crippen molar-refractivity contribution in [3.63, 3.8) is 0 Å². The highest BCUT2D eigenvalue weighted by Crippen LogP contribution is 2.70. The van der Waals surface area contributed by atoms with Crippen LogP contribution in [0, 0.1) is 34.5 Å². The minimum Gasteiger partial charge on any atom is -0.507 e. The third kappa shape index (κ3) is 5.61. The molecular formula is C34H42F2O8. The van der Waals surface area contributed by atoms with Gasteiger partial charge in [-0.1, -0.05) is 45.4 Å². The Labute approximate surface area is 256 Å². The molecule has 5 rings (SSSR count). The van der Waals surface area contributed by atoms with Crippen molar-refractivity contribution < 1.29 is 48.0 Å². The maximum atomic E-state index is 17.1. The van der Waals surface area contributed by atoms with Crippen molar-refractivity contribution in [3.05, 3.63) is 53.6 Å². The summed E-state index contributed by atoms with van der Waals surface area (Å²) < 4.78 is 37.7. The van der Waals surface area contributed by atoms with Gasteiger partial charge < -0.3 is 20.1 Å². The predicted octanol–water partition coefficient (Wildman–Crippen LogP) is 5.56. The van der Waals surface area contributed by atoms with Crippen molar-refractivity contribution in [2.45, 2.75) is 84.2 Å². The second kappa shape index (κ2) is 12.5. The van der Waals surface area contributed by atoms with Crippen LogP contribution in [0.5, 0.6) is 5.75 Å². The molecule has 0 bridgehead atoms. The third-order valence-electron chi connectivity index (χ3n) is 10.6. The first-order valence-corrected chi connectivity index (χ1v) is 15.3. The monoisotopic (exact) mass is 616 g/mol. The minimum absolute atomic E-state index is 0.0524. The number of ether oxygens (including phenoxy) is 1. The Hall–Kier alpha value is -3.40. The Morgan fingerprint density at radius 3 is 2.41 bits per heavy atom. The highest BCUT2D eigenvalue weighted by molar-refractivity contribution is 6.01. The molecule has 0 amide bonds. The number of ketones is 2. The van der Waals surface area contributed by atoms with Crippen LogP contribution < -0.4 is 0 Å². The van der Waals surface area contributed by atoms with E-state index >= 15 is 8.78 Å². The van der Waals surface area contributed by atoms with Crippen molar-refractivity contribution in [1.29, 1.82) is 0 Å². The molecule has 3 N–H and O–H groups in total. The number of phenols is 1. The van der Waals surface area contributed by atoms with Crippen molar-refractivity contribution in [2.75, 3.05) is 6.61 Å². The van der Waals surface area contributed by atoms with Gasteiger partial charge in [0, 0.05) is 23.7 Å². The number of rotatable bonds is 7. The number of aromatic carboxylic acids is 1. The van der Waals surface area contributed by atoms with E-state index in [4.69, 9.17) is 14.9 Å². The third-order valence-corrected chi connectivity index (χ3v) is 10.6. The maximum Gasteiger partial charge on any atom is 0.339 e. The number of para-hydroxylation sites is 1. The molecule has 1 aromatic rings. The summed E-state index contributed by atoms with van der Waals surface area (Å²) in [6.45, 7) is 7.03. The molecule has 3 fully saturated rings. The number of esters is 1. The molecule has 0 spiro atoms. The number of allylic oxidation sites excluding steroid dienone is 4. The van der Waals surface area contributed by atoms with Crippen LogP contribution in [-0.2, 0) is 19.1 Å². The first-order valence-electron chi connectivity index (χ1n) is 15.3. The molecule has 4 aliphatic rings. The van der Waals surface area contributed by atoms with Crippen molar-refractivity contribution in [1.82, 2.24) is 0 Å². The van der Waals surface area contributed by atoms with E-state index in [2.05, 4.69) is 0 Å². The first kappa shape index (κ1) is 33.5. The van der Waals surface area contributed by atoms with E-state index < -0.39 is 52.5 Å².